The molecule has 1 atom stereocenters. The van der Waals surface area contributed by atoms with Gasteiger partial charge in [-0.3, -0.25) is 4.79 Å². The Labute approximate surface area is 93.6 Å². The van der Waals surface area contributed by atoms with Crippen molar-refractivity contribution in [3.05, 3.63) is 28.8 Å². The lowest BCUT2D eigenvalue weighted by atomic mass is 10.2. The molecule has 1 unspecified atom stereocenters. The molecule has 82 valence electrons. The summed E-state index contributed by atoms with van der Waals surface area (Å²) in [7, 11) is 0. The second kappa shape index (κ2) is 5.03. The summed E-state index contributed by atoms with van der Waals surface area (Å²) in [5, 5.41) is 9.33. The van der Waals surface area contributed by atoms with Crippen LogP contribution in [0.5, 0.6) is 5.75 Å². The predicted octanol–water partition coefficient (Wildman–Crippen LogP) is 2.75. The summed E-state index contributed by atoms with van der Waals surface area (Å²) in [5.41, 5.74) is 0.914. The van der Waals surface area contributed by atoms with E-state index in [1.54, 1.807) is 25.1 Å². The minimum Gasteiger partial charge on any atom is -0.493 e. The van der Waals surface area contributed by atoms with Gasteiger partial charge in [0.2, 0.25) is 0 Å². The fraction of sp³-hybridized carbons (Fsp3) is 0.364. The Kier molecular flexibility index (Phi) is 3.97. The van der Waals surface area contributed by atoms with Crippen LogP contribution in [0.2, 0.25) is 5.02 Å². The van der Waals surface area contributed by atoms with E-state index in [4.69, 9.17) is 21.4 Å². The van der Waals surface area contributed by atoms with E-state index in [-0.39, 0.29) is 6.61 Å². The lowest BCUT2D eigenvalue weighted by molar-refractivity contribution is -0.142. The van der Waals surface area contributed by atoms with Crippen molar-refractivity contribution < 1.29 is 14.6 Å². The number of aryl methyl sites for hydroxylation is 1. The standard InChI is InChI=1S/C11H13ClO3/c1-7-5-9(3-4-10(7)12)15-6-8(2)11(13)14/h3-5,8H,6H2,1-2H3,(H,13,14). The first-order valence-corrected chi connectivity index (χ1v) is 5.00. The minimum atomic E-state index is -0.860. The second-order valence-electron chi connectivity index (χ2n) is 3.46. The fourth-order valence-corrected chi connectivity index (χ4v) is 1.12. The van der Waals surface area contributed by atoms with Crippen molar-refractivity contribution in [3.63, 3.8) is 0 Å². The largest absolute Gasteiger partial charge is 0.493 e. The van der Waals surface area contributed by atoms with Crippen LogP contribution in [0.3, 0.4) is 0 Å². The summed E-state index contributed by atoms with van der Waals surface area (Å²) in [6.45, 7) is 3.64. The van der Waals surface area contributed by atoms with Crippen LogP contribution >= 0.6 is 11.6 Å². The van der Waals surface area contributed by atoms with Crippen LogP contribution in [0.1, 0.15) is 12.5 Å². The zero-order valence-corrected chi connectivity index (χ0v) is 9.41. The molecule has 15 heavy (non-hydrogen) atoms. The average molecular weight is 229 g/mol. The van der Waals surface area contributed by atoms with Gasteiger partial charge in [0.05, 0.1) is 5.92 Å². The number of hydrogen-bond donors (Lipinski definition) is 1. The lowest BCUT2D eigenvalue weighted by Crippen LogP contribution is -2.17. The van der Waals surface area contributed by atoms with Crippen LogP contribution in [0.4, 0.5) is 0 Å². The minimum absolute atomic E-state index is 0.163. The normalized spacial score (nSPS) is 12.2. The average Bonchev–Trinajstić information content (AvgIpc) is 2.19. The quantitative estimate of drug-likeness (QED) is 0.862. The summed E-state index contributed by atoms with van der Waals surface area (Å²) in [6.07, 6.45) is 0. The van der Waals surface area contributed by atoms with Crippen molar-refractivity contribution >= 4 is 17.6 Å². The molecule has 1 N–H and O–H groups in total. The molecule has 0 aliphatic heterocycles. The number of rotatable bonds is 4. The molecule has 4 heteroatoms. The first kappa shape index (κ1) is 11.9. The Morgan fingerprint density at radius 1 is 1.60 bits per heavy atom. The number of ether oxygens (including phenoxy) is 1. The maximum absolute atomic E-state index is 10.5. The molecule has 0 radical (unpaired) electrons. The molecular formula is C11H13ClO3. The van der Waals surface area contributed by atoms with E-state index >= 15 is 0 Å². The summed E-state index contributed by atoms with van der Waals surface area (Å²) >= 11 is 5.84. The Bertz CT molecular complexity index is 363. The number of benzene rings is 1. The third-order valence-electron chi connectivity index (χ3n) is 2.05. The fourth-order valence-electron chi connectivity index (χ4n) is 0.999. The van der Waals surface area contributed by atoms with E-state index in [1.807, 2.05) is 6.92 Å². The molecule has 0 amide bonds. The monoisotopic (exact) mass is 228 g/mol. The highest BCUT2D eigenvalue weighted by Gasteiger charge is 2.11. The van der Waals surface area contributed by atoms with E-state index < -0.39 is 11.9 Å². The lowest BCUT2D eigenvalue weighted by Gasteiger charge is -2.10. The van der Waals surface area contributed by atoms with E-state index in [9.17, 15) is 4.79 Å². The van der Waals surface area contributed by atoms with Crippen LogP contribution in [0.25, 0.3) is 0 Å². The molecular weight excluding hydrogens is 216 g/mol. The third kappa shape index (κ3) is 3.44. The molecule has 0 saturated carbocycles. The maximum atomic E-state index is 10.5. The van der Waals surface area contributed by atoms with Gasteiger partial charge in [0.25, 0.3) is 0 Å². The Morgan fingerprint density at radius 2 is 2.27 bits per heavy atom. The molecule has 0 bridgehead atoms. The van der Waals surface area contributed by atoms with Gasteiger partial charge in [-0.25, -0.2) is 0 Å². The molecule has 0 aliphatic rings. The molecule has 0 spiro atoms. The highest BCUT2D eigenvalue weighted by Crippen LogP contribution is 2.21. The number of carboxylic acid groups (broad SMARTS) is 1. The summed E-state index contributed by atoms with van der Waals surface area (Å²) in [6, 6.07) is 5.25. The first-order chi connectivity index (χ1) is 7.00. The molecule has 1 rings (SSSR count). The van der Waals surface area contributed by atoms with Crippen molar-refractivity contribution in [1.82, 2.24) is 0 Å². The van der Waals surface area contributed by atoms with Crippen molar-refractivity contribution in [2.75, 3.05) is 6.61 Å². The Hall–Kier alpha value is -1.22. The molecule has 0 aliphatic carbocycles. The van der Waals surface area contributed by atoms with Gasteiger partial charge >= 0.3 is 5.97 Å². The van der Waals surface area contributed by atoms with Gasteiger partial charge in [0.15, 0.2) is 0 Å². The smallest absolute Gasteiger partial charge is 0.309 e. The van der Waals surface area contributed by atoms with Crippen LogP contribution in [0.15, 0.2) is 18.2 Å². The van der Waals surface area contributed by atoms with Gasteiger partial charge in [-0.15, -0.1) is 0 Å². The molecule has 0 fully saturated rings. The molecule has 0 aromatic heterocycles. The summed E-state index contributed by atoms with van der Waals surface area (Å²) < 4.78 is 5.33. The van der Waals surface area contributed by atoms with Gasteiger partial charge in [-0.2, -0.15) is 0 Å². The van der Waals surface area contributed by atoms with Crippen molar-refractivity contribution in [2.45, 2.75) is 13.8 Å². The molecule has 1 aromatic rings. The van der Waals surface area contributed by atoms with E-state index in [1.165, 1.54) is 0 Å². The third-order valence-corrected chi connectivity index (χ3v) is 2.48. The van der Waals surface area contributed by atoms with Crippen LogP contribution in [-0.2, 0) is 4.79 Å². The van der Waals surface area contributed by atoms with E-state index in [2.05, 4.69) is 0 Å². The number of aliphatic carboxylic acids is 1. The molecule has 0 saturated heterocycles. The van der Waals surface area contributed by atoms with E-state index in [0.29, 0.717) is 10.8 Å². The maximum Gasteiger partial charge on any atom is 0.309 e. The SMILES string of the molecule is Cc1cc(OCC(C)C(=O)O)ccc1Cl. The van der Waals surface area contributed by atoms with Gasteiger partial charge in [-0.1, -0.05) is 11.6 Å². The van der Waals surface area contributed by atoms with Gasteiger partial charge < -0.3 is 9.84 Å². The zero-order valence-electron chi connectivity index (χ0n) is 8.66. The highest BCUT2D eigenvalue weighted by molar-refractivity contribution is 6.31. The number of carbonyl (C=O) groups is 1. The summed E-state index contributed by atoms with van der Waals surface area (Å²) in [4.78, 5) is 10.5. The summed E-state index contributed by atoms with van der Waals surface area (Å²) in [5.74, 6) is -0.730. The second-order valence-corrected chi connectivity index (χ2v) is 3.87. The van der Waals surface area contributed by atoms with Crippen molar-refractivity contribution in [3.8, 4) is 5.75 Å². The van der Waals surface area contributed by atoms with E-state index in [0.717, 1.165) is 5.56 Å². The molecule has 0 heterocycles. The van der Waals surface area contributed by atoms with Gasteiger partial charge in [0, 0.05) is 5.02 Å². The molecule has 1 aromatic carbocycles. The molecule has 3 nitrogen and oxygen atoms in total. The number of carboxylic acids is 1. The van der Waals surface area contributed by atoms with Crippen molar-refractivity contribution in [1.29, 1.82) is 0 Å². The van der Waals surface area contributed by atoms with Gasteiger partial charge in [-0.05, 0) is 37.6 Å². The zero-order chi connectivity index (χ0) is 11.4. The topological polar surface area (TPSA) is 46.5 Å². The number of hydrogen-bond acceptors (Lipinski definition) is 2. The Balaban J connectivity index is 2.58. The van der Waals surface area contributed by atoms with Crippen LogP contribution in [-0.4, -0.2) is 17.7 Å². The predicted molar refractivity (Wildman–Crippen MR) is 58.5 cm³/mol. The van der Waals surface area contributed by atoms with Crippen molar-refractivity contribution in [2.24, 2.45) is 5.92 Å². The Morgan fingerprint density at radius 3 is 2.80 bits per heavy atom. The number of halogens is 1. The van der Waals surface area contributed by atoms with Gasteiger partial charge in [0.1, 0.15) is 12.4 Å². The first-order valence-electron chi connectivity index (χ1n) is 4.62. The highest BCUT2D eigenvalue weighted by atomic mass is 35.5. The van der Waals surface area contributed by atoms with Crippen LogP contribution in [0, 0.1) is 12.8 Å². The van der Waals surface area contributed by atoms with Crippen LogP contribution < -0.4 is 4.74 Å².